The first kappa shape index (κ1) is 10.8. The average Bonchev–Trinajstić information content (AvgIpc) is 2.11. The second-order valence-corrected chi connectivity index (χ2v) is 2.99. The van der Waals surface area contributed by atoms with Crippen molar-refractivity contribution >= 4 is 0 Å². The molecular formula is C7H14O6. The van der Waals surface area contributed by atoms with E-state index in [4.69, 9.17) is 19.7 Å². The zero-order valence-corrected chi connectivity index (χ0v) is 7.20. The van der Waals surface area contributed by atoms with Gasteiger partial charge in [-0.1, -0.05) is 0 Å². The van der Waals surface area contributed by atoms with Crippen LogP contribution in [0.2, 0.25) is 0 Å². The largest absolute Gasteiger partial charge is 0.387 e. The summed E-state index contributed by atoms with van der Waals surface area (Å²) in [6, 6.07) is 0. The molecule has 1 aliphatic rings. The van der Waals surface area contributed by atoms with Crippen LogP contribution in [-0.4, -0.2) is 64.8 Å². The summed E-state index contributed by atoms with van der Waals surface area (Å²) in [5.74, 6) is 0. The van der Waals surface area contributed by atoms with Crippen molar-refractivity contribution in [2.75, 3.05) is 13.7 Å². The highest BCUT2D eigenvalue weighted by Crippen LogP contribution is 2.19. The zero-order valence-electron chi connectivity index (χ0n) is 7.20. The van der Waals surface area contributed by atoms with E-state index in [1.165, 1.54) is 7.11 Å². The highest BCUT2D eigenvalue weighted by atomic mass is 16.6. The first-order chi connectivity index (χ1) is 6.07. The molecule has 0 amide bonds. The molecule has 0 spiro atoms. The highest BCUT2D eigenvalue weighted by molar-refractivity contribution is 4.88. The summed E-state index contributed by atoms with van der Waals surface area (Å²) in [6.07, 6.45) is -6.46. The van der Waals surface area contributed by atoms with Crippen LogP contribution >= 0.6 is 0 Å². The van der Waals surface area contributed by atoms with Gasteiger partial charge in [0.1, 0.15) is 24.4 Å². The molecule has 78 valence electrons. The normalized spacial score (nSPS) is 46.4. The smallest absolute Gasteiger partial charge is 0.184 e. The lowest BCUT2D eigenvalue weighted by Gasteiger charge is -2.37. The molecule has 1 rings (SSSR count). The third-order valence-electron chi connectivity index (χ3n) is 2.02. The Morgan fingerprint density at radius 1 is 1.08 bits per heavy atom. The van der Waals surface area contributed by atoms with E-state index in [0.717, 1.165) is 0 Å². The minimum Gasteiger partial charge on any atom is -0.387 e. The molecule has 0 aromatic rings. The zero-order chi connectivity index (χ0) is 10.0. The third kappa shape index (κ3) is 2.16. The summed E-state index contributed by atoms with van der Waals surface area (Å²) < 4.78 is 9.49. The van der Waals surface area contributed by atoms with E-state index in [9.17, 15) is 10.2 Å². The van der Waals surface area contributed by atoms with Gasteiger partial charge >= 0.3 is 0 Å². The Bertz CT molecular complexity index is 163. The molecule has 6 heteroatoms. The van der Waals surface area contributed by atoms with Gasteiger partial charge in [-0.05, 0) is 0 Å². The number of hydrogen-bond donors (Lipinski definition) is 4. The lowest BCUT2D eigenvalue weighted by molar-refractivity contribution is -0.287. The van der Waals surface area contributed by atoms with Crippen LogP contribution in [0.15, 0.2) is 0 Å². The number of aliphatic hydroxyl groups is 4. The minimum absolute atomic E-state index is 0.0437. The van der Waals surface area contributed by atoms with Crippen molar-refractivity contribution in [2.45, 2.75) is 30.7 Å². The minimum atomic E-state index is -1.49. The summed E-state index contributed by atoms with van der Waals surface area (Å²) >= 11 is 0. The van der Waals surface area contributed by atoms with Gasteiger partial charge in [0.25, 0.3) is 0 Å². The Kier molecular flexibility index (Phi) is 3.60. The van der Waals surface area contributed by atoms with Crippen molar-refractivity contribution in [1.82, 2.24) is 0 Å². The molecule has 0 unspecified atom stereocenters. The Hall–Kier alpha value is -0.240. The summed E-state index contributed by atoms with van der Waals surface area (Å²) in [7, 11) is 1.40. The van der Waals surface area contributed by atoms with E-state index < -0.39 is 30.7 Å². The van der Waals surface area contributed by atoms with E-state index in [-0.39, 0.29) is 6.61 Å². The van der Waals surface area contributed by atoms with E-state index in [1.807, 2.05) is 0 Å². The molecule has 6 nitrogen and oxygen atoms in total. The van der Waals surface area contributed by atoms with Crippen LogP contribution in [0.1, 0.15) is 0 Å². The topological polar surface area (TPSA) is 99.4 Å². The molecule has 13 heavy (non-hydrogen) atoms. The molecule has 0 aromatic heterocycles. The Morgan fingerprint density at radius 2 is 1.69 bits per heavy atom. The maximum Gasteiger partial charge on any atom is 0.184 e. The molecular weight excluding hydrogens is 180 g/mol. The highest BCUT2D eigenvalue weighted by Gasteiger charge is 2.42. The van der Waals surface area contributed by atoms with Crippen molar-refractivity contribution < 1.29 is 29.9 Å². The van der Waals surface area contributed by atoms with Crippen LogP contribution in [-0.2, 0) is 9.47 Å². The monoisotopic (exact) mass is 194 g/mol. The lowest BCUT2D eigenvalue weighted by Crippen LogP contribution is -2.58. The van der Waals surface area contributed by atoms with E-state index in [1.54, 1.807) is 0 Å². The van der Waals surface area contributed by atoms with Gasteiger partial charge in [0, 0.05) is 7.11 Å². The first-order valence-electron chi connectivity index (χ1n) is 3.94. The number of ether oxygens (including phenoxy) is 2. The van der Waals surface area contributed by atoms with Gasteiger partial charge in [-0.2, -0.15) is 0 Å². The molecule has 5 atom stereocenters. The van der Waals surface area contributed by atoms with Gasteiger partial charge in [-0.25, -0.2) is 0 Å². The lowest BCUT2D eigenvalue weighted by atomic mass is 9.99. The van der Waals surface area contributed by atoms with Crippen molar-refractivity contribution in [3.05, 3.63) is 0 Å². The molecule has 1 aliphatic heterocycles. The van der Waals surface area contributed by atoms with E-state index in [0.29, 0.717) is 0 Å². The van der Waals surface area contributed by atoms with Crippen molar-refractivity contribution in [3.63, 3.8) is 0 Å². The first-order valence-corrected chi connectivity index (χ1v) is 3.94. The van der Waals surface area contributed by atoms with Crippen LogP contribution < -0.4 is 0 Å². The molecule has 4 N–H and O–H groups in total. The van der Waals surface area contributed by atoms with Crippen LogP contribution in [0.4, 0.5) is 0 Å². The van der Waals surface area contributed by atoms with Gasteiger partial charge in [0.15, 0.2) is 6.29 Å². The third-order valence-corrected chi connectivity index (χ3v) is 2.02. The summed E-state index contributed by atoms with van der Waals surface area (Å²) in [5, 5.41) is 36.7. The quantitative estimate of drug-likeness (QED) is 0.386. The number of methoxy groups -OCH3 is 1. The fourth-order valence-corrected chi connectivity index (χ4v) is 1.23. The fourth-order valence-electron chi connectivity index (χ4n) is 1.23. The summed E-state index contributed by atoms with van der Waals surface area (Å²) in [5.41, 5.74) is 0. The predicted molar refractivity (Wildman–Crippen MR) is 40.8 cm³/mol. The van der Waals surface area contributed by atoms with Gasteiger partial charge < -0.3 is 29.9 Å². The van der Waals surface area contributed by atoms with Gasteiger partial charge in [-0.3, -0.25) is 0 Å². The Morgan fingerprint density at radius 3 is 2.23 bits per heavy atom. The van der Waals surface area contributed by atoms with E-state index >= 15 is 0 Å². The predicted octanol–water partition coefficient (Wildman–Crippen LogP) is -2.57. The van der Waals surface area contributed by atoms with E-state index in [2.05, 4.69) is 0 Å². The van der Waals surface area contributed by atoms with Crippen LogP contribution in [0.5, 0.6) is 0 Å². The van der Waals surface area contributed by atoms with Crippen molar-refractivity contribution in [3.8, 4) is 0 Å². The summed E-state index contributed by atoms with van der Waals surface area (Å²) in [4.78, 5) is 0. The van der Waals surface area contributed by atoms with Crippen molar-refractivity contribution in [2.24, 2.45) is 0 Å². The Balaban J connectivity index is 2.59. The Labute approximate surface area is 75.3 Å². The average molecular weight is 194 g/mol. The standard InChI is InChI=1S/C7H14O6/c1-12-2-3-4(8)5(9)6(10)7(11)13-3/h3-11H,2H2,1H3/t3-,4-,5+,6+,7+/m1/s1. The molecule has 0 aromatic carbocycles. The van der Waals surface area contributed by atoms with Gasteiger partial charge in [0.2, 0.25) is 0 Å². The van der Waals surface area contributed by atoms with Crippen LogP contribution in [0.3, 0.4) is 0 Å². The molecule has 0 bridgehead atoms. The maximum atomic E-state index is 9.33. The van der Waals surface area contributed by atoms with Gasteiger partial charge in [-0.15, -0.1) is 0 Å². The second kappa shape index (κ2) is 4.32. The van der Waals surface area contributed by atoms with Gasteiger partial charge in [0.05, 0.1) is 6.61 Å². The maximum absolute atomic E-state index is 9.33. The number of aliphatic hydroxyl groups excluding tert-OH is 4. The van der Waals surface area contributed by atoms with Crippen LogP contribution in [0.25, 0.3) is 0 Å². The SMILES string of the molecule is COC[C@H]1O[C@H](O)[C@@H](O)[C@@H](O)[C@@H]1O. The van der Waals surface area contributed by atoms with Crippen molar-refractivity contribution in [1.29, 1.82) is 0 Å². The molecule has 1 saturated heterocycles. The molecule has 0 saturated carbocycles. The number of rotatable bonds is 2. The summed E-state index contributed by atoms with van der Waals surface area (Å²) in [6.45, 7) is 0.0437. The molecule has 0 aliphatic carbocycles. The molecule has 1 heterocycles. The molecule has 0 radical (unpaired) electrons. The second-order valence-electron chi connectivity index (χ2n) is 2.99. The number of hydrogen-bond acceptors (Lipinski definition) is 6. The van der Waals surface area contributed by atoms with Crippen LogP contribution in [0, 0.1) is 0 Å². The molecule has 1 fully saturated rings. The fraction of sp³-hybridized carbons (Fsp3) is 1.00.